The van der Waals surface area contributed by atoms with Crippen LogP contribution < -0.4 is 5.73 Å². The summed E-state index contributed by atoms with van der Waals surface area (Å²) in [4.78, 5) is 0. The molecule has 0 aliphatic rings. The largest absolute Gasteiger partial charge is 0.324 e. The van der Waals surface area contributed by atoms with E-state index in [1.165, 1.54) is 0 Å². The molecule has 0 aliphatic carbocycles. The monoisotopic (exact) mass is 327 g/mol. The van der Waals surface area contributed by atoms with E-state index in [9.17, 15) is 0 Å². The summed E-state index contributed by atoms with van der Waals surface area (Å²) >= 11 is 9.57. The summed E-state index contributed by atoms with van der Waals surface area (Å²) in [5.74, 6) is 0. The molecule has 96 valence electrons. The lowest BCUT2D eigenvalue weighted by atomic mass is 10.1. The molecule has 2 N–H and O–H groups in total. The fraction of sp³-hybridized carbons (Fsp3) is 0.308. The van der Waals surface area contributed by atoms with Crippen molar-refractivity contribution in [1.29, 1.82) is 0 Å². The molecule has 1 atom stereocenters. The first-order chi connectivity index (χ1) is 8.60. The first-order valence-corrected chi connectivity index (χ1v) is 6.99. The molecule has 0 amide bonds. The third kappa shape index (κ3) is 3.13. The van der Waals surface area contributed by atoms with Crippen LogP contribution in [0.25, 0.3) is 0 Å². The molecule has 2 aromatic rings. The van der Waals surface area contributed by atoms with Crippen LogP contribution in [0.1, 0.15) is 30.5 Å². The summed E-state index contributed by atoms with van der Waals surface area (Å²) in [5.41, 5.74) is 8.07. The van der Waals surface area contributed by atoms with Crippen LogP contribution in [-0.4, -0.2) is 9.78 Å². The van der Waals surface area contributed by atoms with E-state index in [1.54, 1.807) is 0 Å². The average Bonchev–Trinajstić information content (AvgIpc) is 2.80. The number of rotatable bonds is 4. The number of aromatic nitrogens is 2. The van der Waals surface area contributed by atoms with Gasteiger partial charge in [0.15, 0.2) is 0 Å². The van der Waals surface area contributed by atoms with Gasteiger partial charge in [0.05, 0.1) is 12.7 Å². The third-order valence-corrected chi connectivity index (χ3v) is 3.71. The predicted octanol–water partition coefficient (Wildman–Crippen LogP) is 3.76. The van der Waals surface area contributed by atoms with E-state index in [4.69, 9.17) is 17.3 Å². The van der Waals surface area contributed by atoms with Crippen LogP contribution in [0.15, 0.2) is 35.1 Å². The Balaban J connectivity index is 2.16. The SMILES string of the molecule is CCC(N)c1cnn(Cc2ccc(Br)cc2Cl)c1. The van der Waals surface area contributed by atoms with Gasteiger partial charge in [0.2, 0.25) is 0 Å². The molecule has 1 aromatic carbocycles. The molecule has 0 aliphatic heterocycles. The first-order valence-electron chi connectivity index (χ1n) is 5.82. The number of benzene rings is 1. The minimum Gasteiger partial charge on any atom is -0.324 e. The summed E-state index contributed by atoms with van der Waals surface area (Å²) in [7, 11) is 0. The molecule has 1 aromatic heterocycles. The maximum atomic E-state index is 6.18. The molecule has 0 saturated heterocycles. The van der Waals surface area contributed by atoms with Gasteiger partial charge in [-0.25, -0.2) is 0 Å². The Morgan fingerprint density at radius 2 is 2.28 bits per heavy atom. The lowest BCUT2D eigenvalue weighted by Gasteiger charge is -2.06. The topological polar surface area (TPSA) is 43.8 Å². The number of nitrogens with two attached hydrogens (primary N) is 1. The molecule has 0 spiro atoms. The Labute approximate surface area is 120 Å². The van der Waals surface area contributed by atoms with E-state index in [0.717, 1.165) is 27.0 Å². The van der Waals surface area contributed by atoms with Crippen molar-refractivity contribution in [3.05, 3.63) is 51.2 Å². The molecule has 2 rings (SSSR count). The van der Waals surface area contributed by atoms with Gasteiger partial charge in [-0.15, -0.1) is 0 Å². The van der Waals surface area contributed by atoms with Crippen molar-refractivity contribution in [2.45, 2.75) is 25.9 Å². The van der Waals surface area contributed by atoms with Crippen molar-refractivity contribution in [2.24, 2.45) is 5.73 Å². The van der Waals surface area contributed by atoms with Crippen LogP contribution in [0, 0.1) is 0 Å². The maximum Gasteiger partial charge on any atom is 0.0674 e. The molecule has 18 heavy (non-hydrogen) atoms. The summed E-state index contributed by atoms with van der Waals surface area (Å²) in [6, 6.07) is 5.91. The van der Waals surface area contributed by atoms with Gasteiger partial charge in [0.1, 0.15) is 0 Å². The van der Waals surface area contributed by atoms with Crippen molar-refractivity contribution in [3.8, 4) is 0 Å². The summed E-state index contributed by atoms with van der Waals surface area (Å²) in [5, 5.41) is 5.05. The number of halogens is 2. The van der Waals surface area contributed by atoms with Crippen LogP contribution in [0.5, 0.6) is 0 Å². The summed E-state index contributed by atoms with van der Waals surface area (Å²) in [6.07, 6.45) is 4.71. The molecule has 5 heteroatoms. The molecule has 0 fully saturated rings. The second-order valence-corrected chi connectivity index (χ2v) is 5.54. The zero-order valence-corrected chi connectivity index (χ0v) is 12.4. The predicted molar refractivity (Wildman–Crippen MR) is 77.7 cm³/mol. The highest BCUT2D eigenvalue weighted by molar-refractivity contribution is 9.10. The van der Waals surface area contributed by atoms with E-state index in [2.05, 4.69) is 28.0 Å². The van der Waals surface area contributed by atoms with E-state index in [-0.39, 0.29) is 6.04 Å². The quantitative estimate of drug-likeness (QED) is 0.928. The second kappa shape index (κ2) is 5.87. The minimum atomic E-state index is 0.0548. The van der Waals surface area contributed by atoms with E-state index < -0.39 is 0 Å². The fourth-order valence-corrected chi connectivity index (χ4v) is 2.45. The second-order valence-electron chi connectivity index (χ2n) is 4.22. The van der Waals surface area contributed by atoms with Crippen molar-refractivity contribution in [3.63, 3.8) is 0 Å². The highest BCUT2D eigenvalue weighted by Crippen LogP contribution is 2.22. The molecule has 0 bridgehead atoms. The standard InChI is InChI=1S/C13H15BrClN3/c1-2-13(16)10-6-17-18(8-10)7-9-3-4-11(14)5-12(9)15/h3-6,8,13H,2,7,16H2,1H3. The van der Waals surface area contributed by atoms with Gasteiger partial charge in [0.25, 0.3) is 0 Å². The van der Waals surface area contributed by atoms with Crippen LogP contribution in [0.2, 0.25) is 5.02 Å². The number of hydrogen-bond donors (Lipinski definition) is 1. The Bertz CT molecular complexity index is 539. The van der Waals surface area contributed by atoms with Gasteiger partial charge in [-0.1, -0.05) is 40.5 Å². The van der Waals surface area contributed by atoms with Crippen molar-refractivity contribution >= 4 is 27.5 Å². The van der Waals surface area contributed by atoms with Gasteiger partial charge < -0.3 is 5.73 Å². The zero-order valence-electron chi connectivity index (χ0n) is 10.1. The Morgan fingerprint density at radius 3 is 2.94 bits per heavy atom. The summed E-state index contributed by atoms with van der Waals surface area (Å²) < 4.78 is 2.84. The highest BCUT2D eigenvalue weighted by Gasteiger charge is 2.07. The first kappa shape index (κ1) is 13.6. The number of nitrogens with zero attached hydrogens (tertiary/aromatic N) is 2. The number of hydrogen-bond acceptors (Lipinski definition) is 2. The lowest BCUT2D eigenvalue weighted by Crippen LogP contribution is -2.07. The van der Waals surface area contributed by atoms with Crippen molar-refractivity contribution < 1.29 is 0 Å². The normalized spacial score (nSPS) is 12.7. The fourth-order valence-electron chi connectivity index (χ4n) is 1.72. The molecule has 1 heterocycles. The van der Waals surface area contributed by atoms with Crippen LogP contribution in [-0.2, 0) is 6.54 Å². The Kier molecular flexibility index (Phi) is 4.43. The summed E-state index contributed by atoms with van der Waals surface area (Å²) in [6.45, 7) is 2.72. The van der Waals surface area contributed by atoms with Gasteiger partial charge in [-0.05, 0) is 24.1 Å². The van der Waals surface area contributed by atoms with Gasteiger partial charge in [0, 0.05) is 27.3 Å². The molecular weight excluding hydrogens is 314 g/mol. The third-order valence-electron chi connectivity index (χ3n) is 2.87. The van der Waals surface area contributed by atoms with Crippen molar-refractivity contribution in [2.75, 3.05) is 0 Å². The highest BCUT2D eigenvalue weighted by atomic mass is 79.9. The van der Waals surface area contributed by atoms with E-state index in [1.807, 2.05) is 35.3 Å². The Morgan fingerprint density at radius 1 is 1.50 bits per heavy atom. The molecular formula is C13H15BrClN3. The maximum absolute atomic E-state index is 6.18. The lowest BCUT2D eigenvalue weighted by molar-refractivity contribution is 0.675. The van der Waals surface area contributed by atoms with E-state index >= 15 is 0 Å². The molecule has 0 radical (unpaired) electrons. The minimum absolute atomic E-state index is 0.0548. The van der Waals surface area contributed by atoms with Gasteiger partial charge in [-0.3, -0.25) is 4.68 Å². The van der Waals surface area contributed by atoms with Crippen LogP contribution >= 0.6 is 27.5 Å². The molecule has 3 nitrogen and oxygen atoms in total. The average molecular weight is 329 g/mol. The molecule has 0 saturated carbocycles. The zero-order chi connectivity index (χ0) is 13.1. The smallest absolute Gasteiger partial charge is 0.0674 e. The van der Waals surface area contributed by atoms with E-state index in [0.29, 0.717) is 6.54 Å². The molecule has 1 unspecified atom stereocenters. The van der Waals surface area contributed by atoms with Crippen molar-refractivity contribution in [1.82, 2.24) is 9.78 Å². The van der Waals surface area contributed by atoms with Crippen LogP contribution in [0.4, 0.5) is 0 Å². The van der Waals surface area contributed by atoms with Gasteiger partial charge in [-0.2, -0.15) is 5.10 Å². The van der Waals surface area contributed by atoms with Crippen LogP contribution in [0.3, 0.4) is 0 Å². The van der Waals surface area contributed by atoms with Gasteiger partial charge >= 0.3 is 0 Å². The Hall–Kier alpha value is -0.840.